The number of thiazole rings is 1. The van der Waals surface area contributed by atoms with E-state index < -0.39 is 0 Å². The van der Waals surface area contributed by atoms with Gasteiger partial charge >= 0.3 is 5.97 Å². The summed E-state index contributed by atoms with van der Waals surface area (Å²) < 4.78 is 23.6. The SMILES string of the molecule is COC(=O)CCc1csc(-c2c(F)cccc2OC)n1. The summed E-state index contributed by atoms with van der Waals surface area (Å²) in [5.41, 5.74) is 1.09. The zero-order chi connectivity index (χ0) is 14.5. The van der Waals surface area contributed by atoms with Gasteiger partial charge in [0.15, 0.2) is 0 Å². The van der Waals surface area contributed by atoms with Crippen molar-refractivity contribution < 1.29 is 18.7 Å². The Hall–Kier alpha value is -1.95. The highest BCUT2D eigenvalue weighted by Crippen LogP contribution is 2.34. The van der Waals surface area contributed by atoms with Crippen LogP contribution in [-0.4, -0.2) is 25.2 Å². The van der Waals surface area contributed by atoms with Crippen molar-refractivity contribution in [3.05, 3.63) is 35.1 Å². The van der Waals surface area contributed by atoms with E-state index in [1.807, 2.05) is 5.38 Å². The van der Waals surface area contributed by atoms with Crippen molar-refractivity contribution >= 4 is 17.3 Å². The van der Waals surface area contributed by atoms with Crippen molar-refractivity contribution in [1.82, 2.24) is 4.98 Å². The number of ether oxygens (including phenoxy) is 2. The molecule has 0 fully saturated rings. The molecule has 0 aliphatic carbocycles. The van der Waals surface area contributed by atoms with Crippen LogP contribution in [0.15, 0.2) is 23.6 Å². The standard InChI is InChI=1S/C14H14FNO3S/c1-18-11-5-3-4-10(15)13(11)14-16-9(8-20-14)6-7-12(17)19-2/h3-5,8H,6-7H2,1-2H3. The summed E-state index contributed by atoms with van der Waals surface area (Å²) in [6.07, 6.45) is 0.730. The molecule has 0 aliphatic rings. The van der Waals surface area contributed by atoms with E-state index in [0.717, 1.165) is 5.69 Å². The molecule has 0 saturated heterocycles. The Balaban J connectivity index is 2.23. The Kier molecular flexibility index (Phi) is 4.68. The molecule has 4 nitrogen and oxygen atoms in total. The Morgan fingerprint density at radius 2 is 2.20 bits per heavy atom. The molecule has 106 valence electrons. The average molecular weight is 295 g/mol. The first kappa shape index (κ1) is 14.5. The lowest BCUT2D eigenvalue weighted by Crippen LogP contribution is -2.02. The van der Waals surface area contributed by atoms with E-state index >= 15 is 0 Å². The summed E-state index contributed by atoms with van der Waals surface area (Å²) in [7, 11) is 2.84. The molecule has 20 heavy (non-hydrogen) atoms. The van der Waals surface area contributed by atoms with Gasteiger partial charge in [0.1, 0.15) is 16.6 Å². The number of carbonyl (C=O) groups is 1. The fraction of sp³-hybridized carbons (Fsp3) is 0.286. The highest BCUT2D eigenvalue weighted by atomic mass is 32.1. The van der Waals surface area contributed by atoms with Crippen LogP contribution in [0, 0.1) is 5.82 Å². The van der Waals surface area contributed by atoms with Gasteiger partial charge in [-0.25, -0.2) is 9.37 Å². The molecule has 1 aromatic heterocycles. The van der Waals surface area contributed by atoms with Gasteiger partial charge in [0.25, 0.3) is 0 Å². The maximum Gasteiger partial charge on any atom is 0.305 e. The van der Waals surface area contributed by atoms with Gasteiger partial charge < -0.3 is 9.47 Å². The van der Waals surface area contributed by atoms with Crippen LogP contribution in [0.25, 0.3) is 10.6 Å². The van der Waals surface area contributed by atoms with Crippen molar-refractivity contribution in [2.24, 2.45) is 0 Å². The molecule has 6 heteroatoms. The smallest absolute Gasteiger partial charge is 0.305 e. The van der Waals surface area contributed by atoms with Crippen LogP contribution < -0.4 is 4.74 Å². The summed E-state index contributed by atoms with van der Waals surface area (Å²) in [5, 5.41) is 2.35. The first-order valence-corrected chi connectivity index (χ1v) is 6.87. The fourth-order valence-electron chi connectivity index (χ4n) is 1.75. The molecule has 0 unspecified atom stereocenters. The number of halogens is 1. The molecular weight excluding hydrogens is 281 g/mol. The first-order valence-electron chi connectivity index (χ1n) is 5.99. The molecule has 1 heterocycles. The number of carbonyl (C=O) groups excluding carboxylic acids is 1. The van der Waals surface area contributed by atoms with Crippen molar-refractivity contribution in [3.8, 4) is 16.3 Å². The molecule has 0 atom stereocenters. The Morgan fingerprint density at radius 3 is 2.90 bits per heavy atom. The number of nitrogens with zero attached hydrogens (tertiary/aromatic N) is 1. The fourth-order valence-corrected chi connectivity index (χ4v) is 2.65. The number of rotatable bonds is 5. The predicted molar refractivity (Wildman–Crippen MR) is 74.4 cm³/mol. The van der Waals surface area contributed by atoms with Crippen molar-refractivity contribution in [2.45, 2.75) is 12.8 Å². The van der Waals surface area contributed by atoms with Gasteiger partial charge in [-0.2, -0.15) is 0 Å². The van der Waals surface area contributed by atoms with E-state index in [1.165, 1.54) is 31.6 Å². The molecule has 0 radical (unpaired) electrons. The van der Waals surface area contributed by atoms with Gasteiger partial charge in [-0.1, -0.05) is 6.07 Å². The molecule has 0 bridgehead atoms. The number of methoxy groups -OCH3 is 2. The lowest BCUT2D eigenvalue weighted by Gasteiger charge is -2.06. The third-order valence-corrected chi connectivity index (χ3v) is 3.68. The van der Waals surface area contributed by atoms with Crippen LogP contribution in [0.3, 0.4) is 0 Å². The van der Waals surface area contributed by atoms with Crippen LogP contribution in [0.5, 0.6) is 5.75 Å². The van der Waals surface area contributed by atoms with Gasteiger partial charge in [-0.15, -0.1) is 11.3 Å². The van der Waals surface area contributed by atoms with Gasteiger partial charge in [0.05, 0.1) is 31.9 Å². The first-order chi connectivity index (χ1) is 9.65. The van der Waals surface area contributed by atoms with E-state index in [9.17, 15) is 9.18 Å². The van der Waals surface area contributed by atoms with Crippen molar-refractivity contribution in [1.29, 1.82) is 0 Å². The second-order valence-corrected chi connectivity index (χ2v) is 4.90. The van der Waals surface area contributed by atoms with Crippen molar-refractivity contribution in [2.75, 3.05) is 14.2 Å². The van der Waals surface area contributed by atoms with E-state index in [4.69, 9.17) is 4.74 Å². The molecule has 0 aliphatic heterocycles. The second kappa shape index (κ2) is 6.47. The molecule has 0 saturated carbocycles. The number of aromatic nitrogens is 1. The van der Waals surface area contributed by atoms with E-state index in [1.54, 1.807) is 12.1 Å². The minimum atomic E-state index is -0.377. The predicted octanol–water partition coefficient (Wildman–Crippen LogP) is 3.06. The largest absolute Gasteiger partial charge is 0.496 e. The third-order valence-electron chi connectivity index (χ3n) is 2.77. The number of hydrogen-bond donors (Lipinski definition) is 0. The number of hydrogen-bond acceptors (Lipinski definition) is 5. The van der Waals surface area contributed by atoms with Crippen molar-refractivity contribution in [3.63, 3.8) is 0 Å². The Bertz CT molecular complexity index is 612. The summed E-state index contributed by atoms with van der Waals surface area (Å²) in [6.45, 7) is 0. The average Bonchev–Trinajstić information content (AvgIpc) is 2.92. The lowest BCUT2D eigenvalue weighted by atomic mass is 10.2. The van der Waals surface area contributed by atoms with Gasteiger partial charge in [-0.05, 0) is 12.1 Å². The number of esters is 1. The Labute approximate surface area is 120 Å². The van der Waals surface area contributed by atoms with E-state index in [2.05, 4.69) is 9.72 Å². The number of aryl methyl sites for hydroxylation is 1. The van der Waals surface area contributed by atoms with Crippen LogP contribution in [0.2, 0.25) is 0 Å². The maximum absolute atomic E-state index is 13.9. The minimum Gasteiger partial charge on any atom is -0.496 e. The molecule has 0 spiro atoms. The quantitative estimate of drug-likeness (QED) is 0.795. The summed E-state index contributed by atoms with van der Waals surface area (Å²) >= 11 is 1.32. The van der Waals surface area contributed by atoms with Crippen LogP contribution in [0.1, 0.15) is 12.1 Å². The van der Waals surface area contributed by atoms with Crippen LogP contribution in [0.4, 0.5) is 4.39 Å². The monoisotopic (exact) mass is 295 g/mol. The molecular formula is C14H14FNO3S. The summed E-state index contributed by atoms with van der Waals surface area (Å²) in [6, 6.07) is 4.64. The third kappa shape index (κ3) is 3.14. The van der Waals surface area contributed by atoms with E-state index in [0.29, 0.717) is 22.7 Å². The highest BCUT2D eigenvalue weighted by molar-refractivity contribution is 7.13. The number of benzene rings is 1. The Morgan fingerprint density at radius 1 is 1.40 bits per heavy atom. The van der Waals surface area contributed by atoms with Crippen LogP contribution >= 0.6 is 11.3 Å². The van der Waals surface area contributed by atoms with E-state index in [-0.39, 0.29) is 18.2 Å². The molecule has 0 N–H and O–H groups in total. The van der Waals surface area contributed by atoms with Gasteiger partial charge in [0.2, 0.25) is 0 Å². The summed E-state index contributed by atoms with van der Waals surface area (Å²) in [5.74, 6) is -0.222. The van der Waals surface area contributed by atoms with Gasteiger partial charge in [-0.3, -0.25) is 4.79 Å². The molecule has 2 rings (SSSR count). The second-order valence-electron chi connectivity index (χ2n) is 4.04. The zero-order valence-corrected chi connectivity index (χ0v) is 12.0. The van der Waals surface area contributed by atoms with Crippen LogP contribution in [-0.2, 0) is 16.0 Å². The molecule has 2 aromatic rings. The highest BCUT2D eigenvalue weighted by Gasteiger charge is 2.15. The topological polar surface area (TPSA) is 48.4 Å². The maximum atomic E-state index is 13.9. The molecule has 1 aromatic carbocycles. The lowest BCUT2D eigenvalue weighted by molar-refractivity contribution is -0.140. The molecule has 0 amide bonds. The normalized spacial score (nSPS) is 10.3. The van der Waals surface area contributed by atoms with Gasteiger partial charge in [0, 0.05) is 11.8 Å². The zero-order valence-electron chi connectivity index (χ0n) is 11.2. The summed E-state index contributed by atoms with van der Waals surface area (Å²) in [4.78, 5) is 15.4. The minimum absolute atomic E-state index is 0.258.